The van der Waals surface area contributed by atoms with Gasteiger partial charge in [0, 0.05) is 29.2 Å². The van der Waals surface area contributed by atoms with E-state index < -0.39 is 5.72 Å². The minimum absolute atomic E-state index is 0.0385. The van der Waals surface area contributed by atoms with Crippen LogP contribution in [0.3, 0.4) is 0 Å². The number of allylic oxidation sites excluding steroid dienone is 1. The molecular weight excluding hydrogens is 354 g/mol. The fourth-order valence-corrected chi connectivity index (χ4v) is 9.92. The molecule has 1 spiro atoms. The van der Waals surface area contributed by atoms with Crippen LogP contribution in [-0.4, -0.2) is 47.7 Å². The largest absolute Gasteiger partial charge is 0.469 e. The number of carbonyl (C=O) groups is 1. The number of piperidine rings is 1. The lowest BCUT2D eigenvalue weighted by Gasteiger charge is -2.69. The van der Waals surface area contributed by atoms with Crippen molar-refractivity contribution < 1.29 is 19.4 Å². The number of ether oxygens (including phenoxy) is 2. The van der Waals surface area contributed by atoms with Gasteiger partial charge in [-0.05, 0) is 50.4 Å². The zero-order valence-electron chi connectivity index (χ0n) is 17.1. The van der Waals surface area contributed by atoms with Crippen LogP contribution in [0.4, 0.5) is 0 Å². The van der Waals surface area contributed by atoms with Crippen LogP contribution in [0.5, 0.6) is 0 Å². The van der Waals surface area contributed by atoms with Gasteiger partial charge in [-0.2, -0.15) is 0 Å². The number of esters is 1. The molecule has 0 aromatic heterocycles. The van der Waals surface area contributed by atoms with Crippen molar-refractivity contribution in [1.82, 2.24) is 4.90 Å². The molecule has 7 rings (SSSR count). The summed E-state index contributed by atoms with van der Waals surface area (Å²) in [6, 6.07) is 0. The van der Waals surface area contributed by atoms with Gasteiger partial charge in [0.1, 0.15) is 12.0 Å². The average Bonchev–Trinajstić information content (AvgIpc) is 3.21. The lowest BCUT2D eigenvalue weighted by Crippen LogP contribution is -2.76. The fraction of sp³-hybridized carbons (Fsp3) is 0.870. The fourth-order valence-electron chi connectivity index (χ4n) is 9.92. The van der Waals surface area contributed by atoms with E-state index in [1.54, 1.807) is 5.57 Å². The number of rotatable bonds is 1. The Kier molecular flexibility index (Phi) is 2.83. The van der Waals surface area contributed by atoms with E-state index in [0.717, 1.165) is 38.6 Å². The summed E-state index contributed by atoms with van der Waals surface area (Å²) in [5.41, 5.74) is 1.74. The summed E-state index contributed by atoms with van der Waals surface area (Å²) < 4.78 is 12.1. The quantitative estimate of drug-likeness (QED) is 0.556. The van der Waals surface area contributed by atoms with Crippen molar-refractivity contribution in [2.75, 3.05) is 13.7 Å². The first-order valence-electron chi connectivity index (χ1n) is 11.3. The van der Waals surface area contributed by atoms with Gasteiger partial charge >= 0.3 is 5.97 Å². The number of methoxy groups -OCH3 is 1. The van der Waals surface area contributed by atoms with Crippen molar-refractivity contribution in [3.63, 3.8) is 0 Å². The number of aliphatic hydroxyl groups is 1. The predicted molar refractivity (Wildman–Crippen MR) is 101 cm³/mol. The van der Waals surface area contributed by atoms with E-state index >= 15 is 0 Å². The highest BCUT2D eigenvalue weighted by atomic mass is 16.5. The Morgan fingerprint density at radius 2 is 2.11 bits per heavy atom. The molecule has 152 valence electrons. The van der Waals surface area contributed by atoms with Crippen molar-refractivity contribution in [2.24, 2.45) is 40.4 Å². The molecule has 0 aromatic rings. The van der Waals surface area contributed by atoms with Gasteiger partial charge in [-0.15, -0.1) is 0 Å². The van der Waals surface area contributed by atoms with Crippen LogP contribution in [-0.2, 0) is 14.3 Å². The van der Waals surface area contributed by atoms with Crippen molar-refractivity contribution in [1.29, 1.82) is 0 Å². The molecule has 5 nitrogen and oxygen atoms in total. The second-order valence-corrected chi connectivity index (χ2v) is 11.0. The maximum Gasteiger partial charge on any atom is 0.309 e. The van der Waals surface area contributed by atoms with Crippen LogP contribution in [0.2, 0.25) is 0 Å². The highest BCUT2D eigenvalue weighted by Gasteiger charge is 2.86. The summed E-state index contributed by atoms with van der Waals surface area (Å²) >= 11 is 0. The molecule has 2 saturated carbocycles. The zero-order valence-corrected chi connectivity index (χ0v) is 17.1. The smallest absolute Gasteiger partial charge is 0.309 e. The van der Waals surface area contributed by atoms with Crippen LogP contribution < -0.4 is 0 Å². The molecule has 0 radical (unpaired) electrons. The first-order chi connectivity index (χ1) is 13.4. The van der Waals surface area contributed by atoms with Gasteiger partial charge in [0.25, 0.3) is 0 Å². The molecule has 1 N–H and O–H groups in total. The van der Waals surface area contributed by atoms with Crippen molar-refractivity contribution >= 4 is 5.97 Å². The summed E-state index contributed by atoms with van der Waals surface area (Å²) in [5, 5.41) is 12.7. The number of carbonyl (C=O) groups excluding carboxylic acids is 1. The molecule has 3 heterocycles. The Labute approximate surface area is 166 Å². The van der Waals surface area contributed by atoms with Crippen LogP contribution in [0.25, 0.3) is 0 Å². The summed E-state index contributed by atoms with van der Waals surface area (Å²) in [6.45, 7) is 5.64. The van der Waals surface area contributed by atoms with E-state index in [1.807, 2.05) is 0 Å². The van der Waals surface area contributed by atoms with Crippen LogP contribution in [0.1, 0.15) is 52.4 Å². The van der Waals surface area contributed by atoms with E-state index in [1.165, 1.54) is 19.1 Å². The van der Waals surface area contributed by atoms with Gasteiger partial charge in [0.2, 0.25) is 0 Å². The van der Waals surface area contributed by atoms with Crippen LogP contribution >= 0.6 is 0 Å². The van der Waals surface area contributed by atoms with Gasteiger partial charge in [0.05, 0.1) is 19.1 Å². The molecule has 3 saturated heterocycles. The molecule has 5 fully saturated rings. The third-order valence-electron chi connectivity index (χ3n) is 10.9. The Bertz CT molecular complexity index is 836. The van der Waals surface area contributed by atoms with Gasteiger partial charge in [0.15, 0.2) is 0 Å². The topological polar surface area (TPSA) is 59.0 Å². The number of hydrogen-bond acceptors (Lipinski definition) is 5. The maximum absolute atomic E-state index is 12.9. The summed E-state index contributed by atoms with van der Waals surface area (Å²) in [4.78, 5) is 15.2. The van der Waals surface area contributed by atoms with E-state index in [4.69, 9.17) is 9.47 Å². The first kappa shape index (κ1) is 16.8. The van der Waals surface area contributed by atoms with Crippen LogP contribution in [0.15, 0.2) is 11.1 Å². The molecular formula is C23H31NO4. The average molecular weight is 386 g/mol. The molecule has 10 unspecified atom stereocenters. The molecule has 7 bridgehead atoms. The van der Waals surface area contributed by atoms with Crippen molar-refractivity contribution in [3.05, 3.63) is 11.1 Å². The molecule has 28 heavy (non-hydrogen) atoms. The van der Waals surface area contributed by atoms with E-state index in [-0.39, 0.29) is 46.9 Å². The molecule has 0 aromatic carbocycles. The van der Waals surface area contributed by atoms with Crippen LogP contribution in [0, 0.1) is 40.4 Å². The minimum Gasteiger partial charge on any atom is -0.469 e. The molecule has 4 aliphatic carbocycles. The molecule has 0 amide bonds. The third-order valence-corrected chi connectivity index (χ3v) is 10.9. The molecule has 7 aliphatic rings. The zero-order chi connectivity index (χ0) is 19.2. The Balaban J connectivity index is 1.56. The van der Waals surface area contributed by atoms with Gasteiger partial charge in [-0.3, -0.25) is 4.79 Å². The maximum atomic E-state index is 12.9. The highest BCUT2D eigenvalue weighted by molar-refractivity contribution is 5.75. The van der Waals surface area contributed by atoms with Gasteiger partial charge in [-0.1, -0.05) is 25.0 Å². The summed E-state index contributed by atoms with van der Waals surface area (Å²) in [7, 11) is 1.52. The Hall–Kier alpha value is -0.910. The lowest BCUT2D eigenvalue weighted by atomic mass is 9.41. The Morgan fingerprint density at radius 1 is 1.32 bits per heavy atom. The predicted octanol–water partition coefficient (Wildman–Crippen LogP) is 2.69. The highest BCUT2D eigenvalue weighted by Crippen LogP contribution is 2.82. The Morgan fingerprint density at radius 3 is 2.89 bits per heavy atom. The summed E-state index contributed by atoms with van der Waals surface area (Å²) in [6.07, 6.45) is 6.45. The van der Waals surface area contributed by atoms with E-state index in [2.05, 4.69) is 18.7 Å². The molecule has 5 heteroatoms. The second kappa shape index (κ2) is 4.70. The number of nitrogens with zero attached hydrogens (tertiary/aromatic N) is 1. The minimum atomic E-state index is -0.869. The second-order valence-electron chi connectivity index (χ2n) is 11.0. The normalized spacial score (nSPS) is 60.4. The number of hydrogen-bond donors (Lipinski definition) is 1. The first-order valence-corrected chi connectivity index (χ1v) is 11.3. The van der Waals surface area contributed by atoms with Crippen molar-refractivity contribution in [3.8, 4) is 0 Å². The van der Waals surface area contributed by atoms with Crippen molar-refractivity contribution in [2.45, 2.75) is 70.4 Å². The van der Waals surface area contributed by atoms with Gasteiger partial charge in [-0.25, -0.2) is 4.90 Å². The molecule has 3 aliphatic heterocycles. The third kappa shape index (κ3) is 1.34. The SMILES string of the molecule is COC(=O)C1CC23C4=C(CCC41)CCC1CN4C5OC(CC(C5C)C42O)C13C. The number of fused-ring (bicyclic) bond motifs is 3. The van der Waals surface area contributed by atoms with E-state index in [9.17, 15) is 9.90 Å². The van der Waals surface area contributed by atoms with E-state index in [0.29, 0.717) is 11.8 Å². The standard InChI is InChI=1S/C23H31NO4/c1-11-16-8-17-21(2)13-6-4-12-5-7-14-15(20(25)27-3)9-22(21,18(12)14)23(16,26)24(10-13)19(11)28-17/h11,13-17,19,26H,4-10H2,1-3H3. The summed E-state index contributed by atoms with van der Waals surface area (Å²) in [5.74, 6) is 1.20. The monoisotopic (exact) mass is 385 g/mol. The lowest BCUT2D eigenvalue weighted by molar-refractivity contribution is -0.298. The van der Waals surface area contributed by atoms with Gasteiger partial charge < -0.3 is 14.6 Å². The molecule has 10 atom stereocenters.